The van der Waals surface area contributed by atoms with Gasteiger partial charge < -0.3 is 20.1 Å². The molecule has 2 aliphatic rings. The average Bonchev–Trinajstić information content (AvgIpc) is 2.88. The van der Waals surface area contributed by atoms with Crippen LogP contribution in [0.25, 0.3) is 0 Å². The highest BCUT2D eigenvalue weighted by Crippen LogP contribution is 2.60. The summed E-state index contributed by atoms with van der Waals surface area (Å²) in [6.07, 6.45) is -0.232. The van der Waals surface area contributed by atoms with Crippen LogP contribution in [-0.4, -0.2) is 48.9 Å². The summed E-state index contributed by atoms with van der Waals surface area (Å²) in [6.45, 7) is 12.5. The molecule has 1 aliphatic heterocycles. The molecule has 1 heterocycles. The topological polar surface area (TPSA) is 64.8 Å². The van der Waals surface area contributed by atoms with Gasteiger partial charge in [-0.1, -0.05) is 13.8 Å². The minimum absolute atomic E-state index is 0.0853. The van der Waals surface area contributed by atoms with Crippen LogP contribution in [0.4, 0.5) is 4.79 Å². The molecule has 5 nitrogen and oxygen atoms in total. The number of ether oxygens (including phenoxy) is 2. The van der Waals surface area contributed by atoms with Gasteiger partial charge in [-0.25, -0.2) is 4.79 Å². The third-order valence-electron chi connectivity index (χ3n) is 4.60. The molecule has 116 valence electrons. The summed E-state index contributed by atoms with van der Waals surface area (Å²) in [5, 5.41) is 0. The van der Waals surface area contributed by atoms with Crippen LogP contribution >= 0.6 is 0 Å². The first-order valence-electron chi connectivity index (χ1n) is 7.46. The summed E-state index contributed by atoms with van der Waals surface area (Å²) in [5.41, 5.74) is 5.57. The zero-order chi connectivity index (χ0) is 15.1. The number of carbonyl (C=O) groups excluding carboxylic acids is 1. The molecule has 0 spiro atoms. The van der Waals surface area contributed by atoms with Gasteiger partial charge in [0.15, 0.2) is 0 Å². The Hall–Kier alpha value is -0.810. The van der Waals surface area contributed by atoms with E-state index in [1.54, 1.807) is 0 Å². The van der Waals surface area contributed by atoms with Crippen LogP contribution in [0.1, 0.15) is 34.6 Å². The zero-order valence-corrected chi connectivity index (χ0v) is 13.3. The lowest BCUT2D eigenvalue weighted by Gasteiger charge is -2.37. The van der Waals surface area contributed by atoms with Crippen LogP contribution in [-0.2, 0) is 9.47 Å². The molecular weight excluding hydrogens is 256 g/mol. The van der Waals surface area contributed by atoms with E-state index in [1.165, 1.54) is 0 Å². The number of morpholine rings is 1. The molecule has 0 aromatic carbocycles. The number of amides is 1. The second kappa shape index (κ2) is 5.19. The molecule has 1 saturated carbocycles. The van der Waals surface area contributed by atoms with Gasteiger partial charge in [0.05, 0.1) is 19.3 Å². The molecule has 0 aromatic heterocycles. The number of nitrogens with zero attached hydrogens (tertiary/aromatic N) is 1. The molecular formula is C15H28N2O3. The van der Waals surface area contributed by atoms with E-state index >= 15 is 0 Å². The quantitative estimate of drug-likeness (QED) is 0.840. The lowest BCUT2D eigenvalue weighted by molar-refractivity contribution is -0.0406. The van der Waals surface area contributed by atoms with Gasteiger partial charge in [-0.2, -0.15) is 0 Å². The van der Waals surface area contributed by atoms with E-state index in [1.807, 2.05) is 25.7 Å². The second-order valence-electron chi connectivity index (χ2n) is 7.51. The third-order valence-corrected chi connectivity index (χ3v) is 4.60. The molecule has 0 radical (unpaired) electrons. The van der Waals surface area contributed by atoms with Crippen molar-refractivity contribution in [2.75, 3.05) is 26.3 Å². The molecule has 3 unspecified atom stereocenters. The van der Waals surface area contributed by atoms with Crippen molar-refractivity contribution in [2.45, 2.75) is 46.3 Å². The molecule has 3 atom stereocenters. The number of hydrogen-bond donors (Lipinski definition) is 1. The summed E-state index contributed by atoms with van der Waals surface area (Å²) in [7, 11) is 0. The fourth-order valence-electron chi connectivity index (χ4n) is 3.47. The Morgan fingerprint density at radius 1 is 1.45 bits per heavy atom. The lowest BCUT2D eigenvalue weighted by Crippen LogP contribution is -2.52. The minimum atomic E-state index is -0.466. The molecule has 2 rings (SSSR count). The Bertz CT molecular complexity index is 376. The highest BCUT2D eigenvalue weighted by Gasteiger charge is 2.62. The van der Waals surface area contributed by atoms with E-state index in [0.717, 1.165) is 0 Å². The van der Waals surface area contributed by atoms with Crippen LogP contribution < -0.4 is 5.73 Å². The molecule has 20 heavy (non-hydrogen) atoms. The van der Waals surface area contributed by atoms with Crippen molar-refractivity contribution in [3.05, 3.63) is 0 Å². The third kappa shape index (κ3) is 2.93. The first-order chi connectivity index (χ1) is 9.18. The molecule has 2 N–H and O–H groups in total. The van der Waals surface area contributed by atoms with Gasteiger partial charge in [-0.05, 0) is 44.6 Å². The van der Waals surface area contributed by atoms with Crippen molar-refractivity contribution in [1.29, 1.82) is 0 Å². The van der Waals surface area contributed by atoms with E-state index < -0.39 is 5.60 Å². The van der Waals surface area contributed by atoms with Crippen molar-refractivity contribution >= 4 is 6.09 Å². The number of carbonyl (C=O) groups is 1. The summed E-state index contributed by atoms with van der Waals surface area (Å²) in [4.78, 5) is 14.2. The van der Waals surface area contributed by atoms with Gasteiger partial charge in [0.25, 0.3) is 0 Å². The number of nitrogens with two attached hydrogens (primary N) is 1. The summed E-state index contributed by atoms with van der Waals surface area (Å²) in [6, 6.07) is 0.0853. The highest BCUT2D eigenvalue weighted by atomic mass is 16.6. The van der Waals surface area contributed by atoms with E-state index in [9.17, 15) is 4.79 Å². The summed E-state index contributed by atoms with van der Waals surface area (Å²) in [5.74, 6) is 0.861. The van der Waals surface area contributed by atoms with Gasteiger partial charge >= 0.3 is 6.09 Å². The monoisotopic (exact) mass is 284 g/mol. The van der Waals surface area contributed by atoms with Crippen LogP contribution in [0.3, 0.4) is 0 Å². The van der Waals surface area contributed by atoms with E-state index in [0.29, 0.717) is 38.1 Å². The average molecular weight is 284 g/mol. The molecule has 1 saturated heterocycles. The molecule has 1 aliphatic carbocycles. The Balaban J connectivity index is 2.09. The van der Waals surface area contributed by atoms with E-state index in [2.05, 4.69) is 13.8 Å². The predicted octanol–water partition coefficient (Wildman–Crippen LogP) is 1.85. The maximum absolute atomic E-state index is 12.4. The Morgan fingerprint density at radius 3 is 2.60 bits per heavy atom. The largest absolute Gasteiger partial charge is 0.444 e. The normalized spacial score (nSPS) is 32.9. The summed E-state index contributed by atoms with van der Waals surface area (Å²) >= 11 is 0. The number of rotatable bonds is 2. The Kier molecular flexibility index (Phi) is 4.04. The van der Waals surface area contributed by atoms with E-state index in [4.69, 9.17) is 15.2 Å². The molecule has 0 bridgehead atoms. The second-order valence-corrected chi connectivity index (χ2v) is 7.51. The van der Waals surface area contributed by atoms with Crippen molar-refractivity contribution in [3.63, 3.8) is 0 Å². The zero-order valence-electron chi connectivity index (χ0n) is 13.3. The van der Waals surface area contributed by atoms with Gasteiger partial charge in [0.1, 0.15) is 5.60 Å². The van der Waals surface area contributed by atoms with E-state index in [-0.39, 0.29) is 17.6 Å². The predicted molar refractivity (Wildman–Crippen MR) is 77.4 cm³/mol. The van der Waals surface area contributed by atoms with Crippen LogP contribution in [0, 0.1) is 17.3 Å². The van der Waals surface area contributed by atoms with Crippen molar-refractivity contribution in [2.24, 2.45) is 23.0 Å². The fourth-order valence-corrected chi connectivity index (χ4v) is 3.47. The van der Waals surface area contributed by atoms with Crippen molar-refractivity contribution in [3.8, 4) is 0 Å². The Morgan fingerprint density at radius 2 is 2.10 bits per heavy atom. The Labute approximate surface area is 121 Å². The van der Waals surface area contributed by atoms with Gasteiger partial charge in [-0.3, -0.25) is 0 Å². The minimum Gasteiger partial charge on any atom is -0.444 e. The maximum atomic E-state index is 12.4. The van der Waals surface area contributed by atoms with Crippen molar-refractivity contribution < 1.29 is 14.3 Å². The summed E-state index contributed by atoms with van der Waals surface area (Å²) < 4.78 is 11.1. The van der Waals surface area contributed by atoms with Crippen molar-refractivity contribution in [1.82, 2.24) is 4.90 Å². The molecule has 5 heteroatoms. The first-order valence-corrected chi connectivity index (χ1v) is 7.46. The van der Waals surface area contributed by atoms with Gasteiger partial charge in [-0.15, -0.1) is 0 Å². The number of hydrogen-bond acceptors (Lipinski definition) is 4. The first kappa shape index (κ1) is 15.6. The molecule has 1 amide bonds. The smallest absolute Gasteiger partial charge is 0.410 e. The van der Waals surface area contributed by atoms with Gasteiger partial charge in [0, 0.05) is 6.54 Å². The maximum Gasteiger partial charge on any atom is 0.410 e. The van der Waals surface area contributed by atoms with Crippen LogP contribution in [0.5, 0.6) is 0 Å². The standard InChI is InChI=1S/C15H28N2O3/c1-14(2,3)20-13(18)17-6-7-19-9-11(17)12-10(8-16)15(12,4)5/h10-12H,6-9,16H2,1-5H3. The van der Waals surface area contributed by atoms with Crippen LogP contribution in [0.15, 0.2) is 0 Å². The van der Waals surface area contributed by atoms with Crippen LogP contribution in [0.2, 0.25) is 0 Å². The van der Waals surface area contributed by atoms with Gasteiger partial charge in [0.2, 0.25) is 0 Å². The lowest BCUT2D eigenvalue weighted by atomic mass is 10.0. The fraction of sp³-hybridized carbons (Fsp3) is 0.933. The SMILES string of the molecule is CC(C)(C)OC(=O)N1CCOCC1C1C(CN)C1(C)C. The molecule has 2 fully saturated rings. The highest BCUT2D eigenvalue weighted by molar-refractivity contribution is 5.69. The molecule has 0 aromatic rings.